The third-order valence-corrected chi connectivity index (χ3v) is 2.96. The molecule has 1 heterocycles. The molecule has 0 bridgehead atoms. The van der Waals surface area contributed by atoms with Gasteiger partial charge in [0.15, 0.2) is 0 Å². The molecule has 0 aliphatic heterocycles. The summed E-state index contributed by atoms with van der Waals surface area (Å²) in [6.07, 6.45) is 5.64. The summed E-state index contributed by atoms with van der Waals surface area (Å²) in [5.41, 5.74) is 7.05. The first kappa shape index (κ1) is 14.9. The first-order valence-corrected chi connectivity index (χ1v) is 6.88. The summed E-state index contributed by atoms with van der Waals surface area (Å²) in [4.78, 5) is 11.1. The first-order chi connectivity index (χ1) is 8.56. The van der Waals surface area contributed by atoms with Gasteiger partial charge >= 0.3 is 0 Å². The van der Waals surface area contributed by atoms with Crippen molar-refractivity contribution in [1.82, 2.24) is 9.97 Å². The molecule has 0 amide bonds. The Hall–Kier alpha value is -1.16. The van der Waals surface area contributed by atoms with Crippen molar-refractivity contribution >= 4 is 5.95 Å². The van der Waals surface area contributed by atoms with Crippen LogP contribution < -0.4 is 10.6 Å². The molecule has 1 aromatic rings. The molecule has 1 atom stereocenters. The number of anilines is 1. The van der Waals surface area contributed by atoms with Crippen molar-refractivity contribution in [2.24, 2.45) is 11.7 Å². The quantitative estimate of drug-likeness (QED) is 0.806. The second-order valence-corrected chi connectivity index (χ2v) is 5.20. The molecule has 4 heteroatoms. The van der Waals surface area contributed by atoms with Gasteiger partial charge in [-0.1, -0.05) is 20.8 Å². The SMILES string of the molecule is CCC(N)Cc1cnc(N(CC)CC(C)C)nc1. The van der Waals surface area contributed by atoms with Crippen molar-refractivity contribution in [2.45, 2.75) is 46.6 Å². The Bertz CT molecular complexity index is 334. The summed E-state index contributed by atoms with van der Waals surface area (Å²) in [7, 11) is 0. The monoisotopic (exact) mass is 250 g/mol. The fourth-order valence-corrected chi connectivity index (χ4v) is 1.86. The highest BCUT2D eigenvalue weighted by Gasteiger charge is 2.09. The van der Waals surface area contributed by atoms with Gasteiger partial charge in [0.1, 0.15) is 0 Å². The molecule has 0 aromatic carbocycles. The van der Waals surface area contributed by atoms with Gasteiger partial charge in [0.25, 0.3) is 0 Å². The van der Waals surface area contributed by atoms with E-state index in [0.717, 1.165) is 37.4 Å². The van der Waals surface area contributed by atoms with Gasteiger partial charge in [-0.25, -0.2) is 9.97 Å². The van der Waals surface area contributed by atoms with Crippen LogP contribution in [0.5, 0.6) is 0 Å². The fourth-order valence-electron chi connectivity index (χ4n) is 1.86. The summed E-state index contributed by atoms with van der Waals surface area (Å²) in [5, 5.41) is 0. The highest BCUT2D eigenvalue weighted by atomic mass is 15.2. The average molecular weight is 250 g/mol. The minimum Gasteiger partial charge on any atom is -0.341 e. The van der Waals surface area contributed by atoms with Crippen LogP contribution in [0.25, 0.3) is 0 Å². The number of nitrogens with zero attached hydrogens (tertiary/aromatic N) is 3. The van der Waals surface area contributed by atoms with E-state index < -0.39 is 0 Å². The largest absolute Gasteiger partial charge is 0.341 e. The standard InChI is InChI=1S/C14H26N4/c1-5-13(15)7-12-8-16-14(17-9-12)18(6-2)10-11(3)4/h8-9,11,13H,5-7,10,15H2,1-4H3. The van der Waals surface area contributed by atoms with E-state index in [0.29, 0.717) is 5.92 Å². The van der Waals surface area contributed by atoms with Crippen LogP contribution in [0.3, 0.4) is 0 Å². The van der Waals surface area contributed by atoms with Crippen LogP contribution in [0.1, 0.15) is 39.7 Å². The molecule has 0 radical (unpaired) electrons. The van der Waals surface area contributed by atoms with Crippen LogP contribution in [-0.2, 0) is 6.42 Å². The van der Waals surface area contributed by atoms with Crippen molar-refractivity contribution in [3.8, 4) is 0 Å². The lowest BCUT2D eigenvalue weighted by molar-refractivity contribution is 0.607. The summed E-state index contributed by atoms with van der Waals surface area (Å²) in [6, 6.07) is 0.206. The molecule has 18 heavy (non-hydrogen) atoms. The Morgan fingerprint density at radius 2 is 1.83 bits per heavy atom. The molecule has 102 valence electrons. The van der Waals surface area contributed by atoms with Gasteiger partial charge in [0, 0.05) is 31.5 Å². The number of rotatable bonds is 7. The minimum absolute atomic E-state index is 0.206. The van der Waals surface area contributed by atoms with Gasteiger partial charge < -0.3 is 10.6 Å². The van der Waals surface area contributed by atoms with E-state index in [1.54, 1.807) is 0 Å². The third-order valence-electron chi connectivity index (χ3n) is 2.96. The second-order valence-electron chi connectivity index (χ2n) is 5.20. The van der Waals surface area contributed by atoms with Crippen LogP contribution in [0.2, 0.25) is 0 Å². The molecule has 0 saturated carbocycles. The normalized spacial score (nSPS) is 12.8. The zero-order chi connectivity index (χ0) is 13.5. The molecule has 0 aliphatic carbocycles. The maximum absolute atomic E-state index is 5.93. The Morgan fingerprint density at radius 3 is 2.28 bits per heavy atom. The van der Waals surface area contributed by atoms with Crippen LogP contribution in [0, 0.1) is 5.92 Å². The summed E-state index contributed by atoms with van der Waals surface area (Å²) in [6.45, 7) is 10.6. The molecule has 1 rings (SSSR count). The van der Waals surface area contributed by atoms with Crippen molar-refractivity contribution in [1.29, 1.82) is 0 Å². The molecule has 0 aliphatic rings. The second kappa shape index (κ2) is 7.31. The molecule has 1 unspecified atom stereocenters. The number of aromatic nitrogens is 2. The van der Waals surface area contributed by atoms with E-state index in [9.17, 15) is 0 Å². The van der Waals surface area contributed by atoms with Crippen LogP contribution in [-0.4, -0.2) is 29.1 Å². The molecule has 0 fully saturated rings. The third kappa shape index (κ3) is 4.61. The average Bonchev–Trinajstić information content (AvgIpc) is 2.36. The molecule has 2 N–H and O–H groups in total. The van der Waals surface area contributed by atoms with Gasteiger partial charge in [-0.2, -0.15) is 0 Å². The van der Waals surface area contributed by atoms with E-state index in [4.69, 9.17) is 5.73 Å². The Balaban J connectivity index is 2.68. The Kier molecular flexibility index (Phi) is 6.05. The van der Waals surface area contributed by atoms with Crippen LogP contribution in [0.4, 0.5) is 5.95 Å². The van der Waals surface area contributed by atoms with E-state index in [2.05, 4.69) is 42.6 Å². The van der Waals surface area contributed by atoms with Crippen molar-refractivity contribution in [2.75, 3.05) is 18.0 Å². The fraction of sp³-hybridized carbons (Fsp3) is 0.714. The highest BCUT2D eigenvalue weighted by Crippen LogP contribution is 2.10. The van der Waals surface area contributed by atoms with Gasteiger partial charge in [-0.15, -0.1) is 0 Å². The maximum atomic E-state index is 5.93. The molecule has 0 spiro atoms. The minimum atomic E-state index is 0.206. The molecule has 0 saturated heterocycles. The Labute approximate surface area is 111 Å². The number of nitrogens with two attached hydrogens (primary N) is 1. The van der Waals surface area contributed by atoms with Gasteiger partial charge in [0.05, 0.1) is 0 Å². The predicted octanol–water partition coefficient (Wildman–Crippen LogP) is 2.24. The van der Waals surface area contributed by atoms with Crippen LogP contribution in [0.15, 0.2) is 12.4 Å². The zero-order valence-corrected chi connectivity index (χ0v) is 12.1. The molecule has 4 nitrogen and oxygen atoms in total. The lowest BCUT2D eigenvalue weighted by atomic mass is 10.1. The number of hydrogen-bond acceptors (Lipinski definition) is 4. The van der Waals surface area contributed by atoms with Crippen molar-refractivity contribution < 1.29 is 0 Å². The van der Waals surface area contributed by atoms with E-state index in [1.165, 1.54) is 0 Å². The van der Waals surface area contributed by atoms with E-state index in [-0.39, 0.29) is 6.04 Å². The van der Waals surface area contributed by atoms with Gasteiger partial charge in [-0.05, 0) is 31.2 Å². The molecular weight excluding hydrogens is 224 g/mol. The maximum Gasteiger partial charge on any atom is 0.225 e. The first-order valence-electron chi connectivity index (χ1n) is 6.88. The lowest BCUT2D eigenvalue weighted by Crippen LogP contribution is -2.29. The summed E-state index contributed by atoms with van der Waals surface area (Å²) >= 11 is 0. The Morgan fingerprint density at radius 1 is 1.22 bits per heavy atom. The summed E-state index contributed by atoms with van der Waals surface area (Å²) in [5.74, 6) is 1.43. The topological polar surface area (TPSA) is 55.0 Å². The lowest BCUT2D eigenvalue weighted by Gasteiger charge is -2.22. The van der Waals surface area contributed by atoms with Gasteiger partial charge in [-0.3, -0.25) is 0 Å². The molecular formula is C14H26N4. The summed E-state index contributed by atoms with van der Waals surface area (Å²) < 4.78 is 0. The van der Waals surface area contributed by atoms with Crippen molar-refractivity contribution in [3.05, 3.63) is 18.0 Å². The van der Waals surface area contributed by atoms with Crippen LogP contribution >= 0.6 is 0 Å². The predicted molar refractivity (Wildman–Crippen MR) is 76.7 cm³/mol. The highest BCUT2D eigenvalue weighted by molar-refractivity contribution is 5.29. The van der Waals surface area contributed by atoms with Gasteiger partial charge in [0.2, 0.25) is 5.95 Å². The number of hydrogen-bond donors (Lipinski definition) is 1. The zero-order valence-electron chi connectivity index (χ0n) is 12.1. The van der Waals surface area contributed by atoms with Crippen molar-refractivity contribution in [3.63, 3.8) is 0 Å². The smallest absolute Gasteiger partial charge is 0.225 e. The molecule has 1 aromatic heterocycles. The van der Waals surface area contributed by atoms with E-state index >= 15 is 0 Å². The van der Waals surface area contributed by atoms with E-state index in [1.807, 2.05) is 12.4 Å².